The van der Waals surface area contributed by atoms with E-state index < -0.39 is 0 Å². The van der Waals surface area contributed by atoms with Gasteiger partial charge in [-0.25, -0.2) is 0 Å². The van der Waals surface area contributed by atoms with E-state index >= 15 is 0 Å². The standard InChI is InChI=1S/C12H20N2S/c1-13-12-3-7-14(8-4-12)6-2-11-5-9-15-10-11/h5,9-10,12-13H,2-4,6-8H2,1H3. The van der Waals surface area contributed by atoms with Crippen molar-refractivity contribution < 1.29 is 0 Å². The molecule has 1 fully saturated rings. The van der Waals surface area contributed by atoms with E-state index in [0.717, 1.165) is 6.04 Å². The van der Waals surface area contributed by atoms with Gasteiger partial charge in [-0.3, -0.25) is 0 Å². The Kier molecular flexibility index (Phi) is 4.18. The molecule has 15 heavy (non-hydrogen) atoms. The van der Waals surface area contributed by atoms with E-state index in [4.69, 9.17) is 0 Å². The fraction of sp³-hybridized carbons (Fsp3) is 0.667. The number of hydrogen-bond donors (Lipinski definition) is 1. The zero-order valence-electron chi connectivity index (χ0n) is 9.41. The minimum Gasteiger partial charge on any atom is -0.317 e. The maximum Gasteiger partial charge on any atom is 0.00884 e. The van der Waals surface area contributed by atoms with E-state index in [1.54, 1.807) is 11.3 Å². The molecule has 3 heteroatoms. The SMILES string of the molecule is CNC1CCN(CCc2ccsc2)CC1. The van der Waals surface area contributed by atoms with Gasteiger partial charge in [0.15, 0.2) is 0 Å². The third kappa shape index (κ3) is 3.30. The Morgan fingerprint density at radius 1 is 1.47 bits per heavy atom. The Hall–Kier alpha value is -0.380. The van der Waals surface area contributed by atoms with Crippen molar-refractivity contribution in [3.8, 4) is 0 Å². The average Bonchev–Trinajstić information content (AvgIpc) is 2.80. The molecule has 0 spiro atoms. The fourth-order valence-corrected chi connectivity index (χ4v) is 2.87. The van der Waals surface area contributed by atoms with Crippen LogP contribution in [0.4, 0.5) is 0 Å². The third-order valence-corrected chi connectivity index (χ3v) is 4.02. The number of hydrogen-bond acceptors (Lipinski definition) is 3. The number of piperidine rings is 1. The minimum absolute atomic E-state index is 0.752. The van der Waals surface area contributed by atoms with Gasteiger partial charge in [-0.2, -0.15) is 11.3 Å². The van der Waals surface area contributed by atoms with Crippen LogP contribution in [0.1, 0.15) is 18.4 Å². The normalized spacial score (nSPS) is 19.5. The lowest BCUT2D eigenvalue weighted by molar-refractivity contribution is 0.204. The van der Waals surface area contributed by atoms with Gasteiger partial charge in [-0.05, 0) is 61.8 Å². The van der Waals surface area contributed by atoms with Crippen molar-refractivity contribution in [1.82, 2.24) is 10.2 Å². The van der Waals surface area contributed by atoms with Gasteiger partial charge in [-0.15, -0.1) is 0 Å². The molecule has 0 saturated carbocycles. The molecule has 1 aromatic heterocycles. The average molecular weight is 224 g/mol. The summed E-state index contributed by atoms with van der Waals surface area (Å²) in [6.45, 7) is 3.75. The van der Waals surface area contributed by atoms with Crippen LogP contribution in [0.15, 0.2) is 16.8 Å². The third-order valence-electron chi connectivity index (χ3n) is 3.29. The Labute approximate surface area is 96.3 Å². The molecule has 1 saturated heterocycles. The van der Waals surface area contributed by atoms with Crippen LogP contribution in [0, 0.1) is 0 Å². The molecule has 0 bridgehead atoms. The second-order valence-corrected chi connectivity index (χ2v) is 5.07. The first-order valence-corrected chi connectivity index (χ1v) is 6.73. The molecule has 0 amide bonds. The molecular formula is C12H20N2S. The van der Waals surface area contributed by atoms with Crippen LogP contribution in [-0.2, 0) is 6.42 Å². The van der Waals surface area contributed by atoms with Crippen LogP contribution in [0.2, 0.25) is 0 Å². The van der Waals surface area contributed by atoms with E-state index in [2.05, 4.69) is 34.1 Å². The van der Waals surface area contributed by atoms with Gasteiger partial charge in [0.2, 0.25) is 0 Å². The molecule has 1 aliphatic heterocycles. The summed E-state index contributed by atoms with van der Waals surface area (Å²) in [6.07, 6.45) is 3.83. The highest BCUT2D eigenvalue weighted by Gasteiger charge is 2.16. The van der Waals surface area contributed by atoms with E-state index in [0.29, 0.717) is 0 Å². The Bertz CT molecular complexity index is 263. The summed E-state index contributed by atoms with van der Waals surface area (Å²) in [5.74, 6) is 0. The zero-order valence-corrected chi connectivity index (χ0v) is 10.2. The molecule has 0 atom stereocenters. The lowest BCUT2D eigenvalue weighted by Gasteiger charge is -2.31. The largest absolute Gasteiger partial charge is 0.317 e. The number of nitrogens with one attached hydrogen (secondary N) is 1. The summed E-state index contributed by atoms with van der Waals surface area (Å²) in [5, 5.41) is 7.80. The first kappa shape index (κ1) is 11.1. The molecular weight excluding hydrogens is 204 g/mol. The Morgan fingerprint density at radius 3 is 2.87 bits per heavy atom. The summed E-state index contributed by atoms with van der Waals surface area (Å²) in [5.41, 5.74) is 1.50. The van der Waals surface area contributed by atoms with Crippen molar-refractivity contribution in [2.75, 3.05) is 26.7 Å². The van der Waals surface area contributed by atoms with Gasteiger partial charge >= 0.3 is 0 Å². The Morgan fingerprint density at radius 2 is 2.27 bits per heavy atom. The quantitative estimate of drug-likeness (QED) is 0.841. The maximum absolute atomic E-state index is 3.37. The van der Waals surface area contributed by atoms with Crippen LogP contribution in [0.5, 0.6) is 0 Å². The zero-order chi connectivity index (χ0) is 10.5. The van der Waals surface area contributed by atoms with Crippen LogP contribution < -0.4 is 5.32 Å². The summed E-state index contributed by atoms with van der Waals surface area (Å²) >= 11 is 1.80. The second kappa shape index (κ2) is 5.64. The molecule has 2 rings (SSSR count). The van der Waals surface area contributed by atoms with E-state index in [-0.39, 0.29) is 0 Å². The van der Waals surface area contributed by atoms with Crippen molar-refractivity contribution in [1.29, 1.82) is 0 Å². The molecule has 0 radical (unpaired) electrons. The summed E-state index contributed by atoms with van der Waals surface area (Å²) < 4.78 is 0. The lowest BCUT2D eigenvalue weighted by Crippen LogP contribution is -2.41. The fourth-order valence-electron chi connectivity index (χ4n) is 2.17. The first-order chi connectivity index (χ1) is 7.38. The van der Waals surface area contributed by atoms with Crippen LogP contribution in [0.3, 0.4) is 0 Å². The predicted octanol–water partition coefficient (Wildman–Crippen LogP) is 1.97. The number of nitrogens with zero attached hydrogens (tertiary/aromatic N) is 1. The van der Waals surface area contributed by atoms with E-state index in [9.17, 15) is 0 Å². The molecule has 0 aromatic carbocycles. The van der Waals surface area contributed by atoms with Crippen LogP contribution in [0.25, 0.3) is 0 Å². The number of rotatable bonds is 4. The smallest absolute Gasteiger partial charge is 0.00884 e. The minimum atomic E-state index is 0.752. The monoisotopic (exact) mass is 224 g/mol. The topological polar surface area (TPSA) is 15.3 Å². The highest BCUT2D eigenvalue weighted by atomic mass is 32.1. The maximum atomic E-state index is 3.37. The van der Waals surface area contributed by atoms with Gasteiger partial charge < -0.3 is 10.2 Å². The van der Waals surface area contributed by atoms with Crippen molar-refractivity contribution in [2.45, 2.75) is 25.3 Å². The molecule has 1 N–H and O–H groups in total. The first-order valence-electron chi connectivity index (χ1n) is 5.79. The summed E-state index contributed by atoms with van der Waals surface area (Å²) in [7, 11) is 2.08. The van der Waals surface area contributed by atoms with Gasteiger partial charge in [-0.1, -0.05) is 0 Å². The van der Waals surface area contributed by atoms with Crippen molar-refractivity contribution in [3.05, 3.63) is 22.4 Å². The molecule has 0 unspecified atom stereocenters. The highest BCUT2D eigenvalue weighted by Crippen LogP contribution is 2.12. The number of thiophene rings is 1. The lowest BCUT2D eigenvalue weighted by atomic mass is 10.0. The molecule has 84 valence electrons. The van der Waals surface area contributed by atoms with Gasteiger partial charge in [0.05, 0.1) is 0 Å². The predicted molar refractivity (Wildman–Crippen MR) is 66.5 cm³/mol. The molecule has 0 aliphatic carbocycles. The van der Waals surface area contributed by atoms with E-state index in [1.807, 2.05) is 0 Å². The molecule has 1 aromatic rings. The van der Waals surface area contributed by atoms with Crippen molar-refractivity contribution >= 4 is 11.3 Å². The second-order valence-electron chi connectivity index (χ2n) is 4.29. The Balaban J connectivity index is 1.69. The van der Waals surface area contributed by atoms with Gasteiger partial charge in [0.1, 0.15) is 0 Å². The highest BCUT2D eigenvalue weighted by molar-refractivity contribution is 7.07. The molecule has 2 heterocycles. The van der Waals surface area contributed by atoms with Crippen LogP contribution >= 0.6 is 11.3 Å². The van der Waals surface area contributed by atoms with Gasteiger partial charge in [0, 0.05) is 12.6 Å². The summed E-state index contributed by atoms with van der Waals surface area (Å²) in [4.78, 5) is 2.59. The van der Waals surface area contributed by atoms with Gasteiger partial charge in [0.25, 0.3) is 0 Å². The number of likely N-dealkylation sites (tertiary alicyclic amines) is 1. The van der Waals surface area contributed by atoms with Crippen molar-refractivity contribution in [3.63, 3.8) is 0 Å². The van der Waals surface area contributed by atoms with E-state index in [1.165, 1.54) is 44.5 Å². The van der Waals surface area contributed by atoms with Crippen molar-refractivity contribution in [2.24, 2.45) is 0 Å². The van der Waals surface area contributed by atoms with Crippen LogP contribution in [-0.4, -0.2) is 37.6 Å². The molecule has 2 nitrogen and oxygen atoms in total. The molecule has 1 aliphatic rings. The summed E-state index contributed by atoms with van der Waals surface area (Å²) in [6, 6.07) is 2.99.